The molecule has 3 nitrogen and oxygen atoms in total. The van der Waals surface area contributed by atoms with E-state index in [1.54, 1.807) is 0 Å². The molecule has 1 aliphatic heterocycles. The molecule has 0 aliphatic carbocycles. The monoisotopic (exact) mass is 257 g/mol. The van der Waals surface area contributed by atoms with Gasteiger partial charge < -0.3 is 10.5 Å². The van der Waals surface area contributed by atoms with Crippen molar-refractivity contribution in [2.45, 2.75) is 18.4 Å². The number of halogens is 2. The molecule has 17 heavy (non-hydrogen) atoms. The summed E-state index contributed by atoms with van der Waals surface area (Å²) in [6.45, 7) is 0.856. The number of hydrogen-bond donors (Lipinski definition) is 1. The molecule has 0 bridgehead atoms. The fourth-order valence-corrected chi connectivity index (χ4v) is 2.06. The molecule has 1 fully saturated rings. The lowest BCUT2D eigenvalue weighted by molar-refractivity contribution is 0.0445. The molecule has 5 heteroatoms. The van der Waals surface area contributed by atoms with Crippen molar-refractivity contribution in [3.63, 3.8) is 0 Å². The van der Waals surface area contributed by atoms with E-state index in [0.29, 0.717) is 26.1 Å². The van der Waals surface area contributed by atoms with Gasteiger partial charge in [-0.15, -0.1) is 0 Å². The molecule has 92 valence electrons. The number of carbonyl (C=O) groups excluding carboxylic acids is 1. The molecule has 0 spiro atoms. The molecule has 0 amide bonds. The molecule has 1 heterocycles. The molecule has 1 aliphatic rings. The van der Waals surface area contributed by atoms with Crippen LogP contribution in [-0.2, 0) is 4.74 Å². The van der Waals surface area contributed by atoms with Crippen LogP contribution in [0.1, 0.15) is 23.2 Å². The molecule has 0 saturated carbocycles. The minimum Gasteiger partial charge on any atom is -0.381 e. The van der Waals surface area contributed by atoms with E-state index in [9.17, 15) is 9.18 Å². The van der Waals surface area contributed by atoms with Crippen molar-refractivity contribution in [2.24, 2.45) is 5.73 Å². The van der Waals surface area contributed by atoms with Gasteiger partial charge in [0.1, 0.15) is 5.82 Å². The molecule has 1 aromatic carbocycles. The maximum Gasteiger partial charge on any atom is 0.185 e. The normalized spacial score (nSPS) is 19.0. The summed E-state index contributed by atoms with van der Waals surface area (Å²) in [5.41, 5.74) is 4.99. The molecule has 0 atom stereocenters. The largest absolute Gasteiger partial charge is 0.381 e. The van der Waals surface area contributed by atoms with Gasteiger partial charge in [0.2, 0.25) is 0 Å². The third kappa shape index (κ3) is 2.49. The highest BCUT2D eigenvalue weighted by atomic mass is 35.5. The zero-order valence-electron chi connectivity index (χ0n) is 9.21. The summed E-state index contributed by atoms with van der Waals surface area (Å²) < 4.78 is 18.8. The first-order valence-corrected chi connectivity index (χ1v) is 5.77. The first kappa shape index (κ1) is 12.5. The van der Waals surface area contributed by atoms with Gasteiger partial charge in [0, 0.05) is 18.2 Å². The third-order valence-corrected chi connectivity index (χ3v) is 3.25. The van der Waals surface area contributed by atoms with E-state index in [2.05, 4.69) is 0 Å². The minimum atomic E-state index is -1.02. The predicted octanol–water partition coefficient (Wildman–Crippen LogP) is 2.17. The average Bonchev–Trinajstić information content (AvgIpc) is 2.29. The van der Waals surface area contributed by atoms with E-state index in [1.165, 1.54) is 12.1 Å². The van der Waals surface area contributed by atoms with Crippen LogP contribution in [0.5, 0.6) is 0 Å². The molecule has 2 N–H and O–H groups in total. The Hall–Kier alpha value is -0.970. The Morgan fingerprint density at radius 3 is 2.65 bits per heavy atom. The lowest BCUT2D eigenvalue weighted by Crippen LogP contribution is -2.52. The van der Waals surface area contributed by atoms with Crippen LogP contribution in [0, 0.1) is 5.82 Å². The highest BCUT2D eigenvalue weighted by Crippen LogP contribution is 2.25. The van der Waals surface area contributed by atoms with Gasteiger partial charge in [-0.2, -0.15) is 0 Å². The Balaban J connectivity index is 2.30. The van der Waals surface area contributed by atoms with Gasteiger partial charge in [-0.1, -0.05) is 11.6 Å². The van der Waals surface area contributed by atoms with Gasteiger partial charge in [-0.3, -0.25) is 4.79 Å². The van der Waals surface area contributed by atoms with Crippen molar-refractivity contribution >= 4 is 17.4 Å². The van der Waals surface area contributed by atoms with Crippen molar-refractivity contribution in [3.8, 4) is 0 Å². The second-order valence-electron chi connectivity index (χ2n) is 4.22. The number of ketones is 1. The van der Waals surface area contributed by atoms with Gasteiger partial charge >= 0.3 is 0 Å². The first-order valence-electron chi connectivity index (χ1n) is 5.39. The Labute approximate surface area is 104 Å². The summed E-state index contributed by atoms with van der Waals surface area (Å²) in [4.78, 5) is 12.2. The minimum absolute atomic E-state index is 0.00111. The van der Waals surface area contributed by atoms with Crippen LogP contribution in [0.3, 0.4) is 0 Å². The summed E-state index contributed by atoms with van der Waals surface area (Å²) in [6.07, 6.45) is 0.821. The van der Waals surface area contributed by atoms with Gasteiger partial charge in [-0.25, -0.2) is 4.39 Å². The van der Waals surface area contributed by atoms with Gasteiger partial charge in [0.15, 0.2) is 5.78 Å². The van der Waals surface area contributed by atoms with Crippen LogP contribution in [0.15, 0.2) is 18.2 Å². The van der Waals surface area contributed by atoms with E-state index in [0.717, 1.165) is 6.07 Å². The number of ether oxygens (including phenoxy) is 1. The molecular formula is C12H13ClFNO2. The fraction of sp³-hybridized carbons (Fsp3) is 0.417. The van der Waals surface area contributed by atoms with E-state index >= 15 is 0 Å². The van der Waals surface area contributed by atoms with Crippen LogP contribution in [0.25, 0.3) is 0 Å². The quantitative estimate of drug-likeness (QED) is 0.826. The molecule has 1 aromatic rings. The van der Waals surface area contributed by atoms with E-state index < -0.39 is 11.4 Å². The van der Waals surface area contributed by atoms with Crippen molar-refractivity contribution in [3.05, 3.63) is 34.6 Å². The van der Waals surface area contributed by atoms with E-state index in [-0.39, 0.29) is 16.4 Å². The predicted molar refractivity (Wildman–Crippen MR) is 62.7 cm³/mol. The Morgan fingerprint density at radius 1 is 1.41 bits per heavy atom. The van der Waals surface area contributed by atoms with Crippen LogP contribution in [0.4, 0.5) is 4.39 Å². The Kier molecular flexibility index (Phi) is 3.47. The molecular weight excluding hydrogens is 245 g/mol. The number of carbonyl (C=O) groups is 1. The molecule has 0 aromatic heterocycles. The first-order chi connectivity index (χ1) is 8.03. The summed E-state index contributed by atoms with van der Waals surface area (Å²) >= 11 is 5.64. The van der Waals surface area contributed by atoms with Crippen molar-refractivity contribution in [1.29, 1.82) is 0 Å². The maximum atomic E-state index is 13.6. The summed E-state index contributed by atoms with van der Waals surface area (Å²) in [7, 11) is 0. The van der Waals surface area contributed by atoms with E-state index in [4.69, 9.17) is 22.1 Å². The van der Waals surface area contributed by atoms with Crippen LogP contribution < -0.4 is 5.73 Å². The number of rotatable bonds is 2. The smallest absolute Gasteiger partial charge is 0.185 e. The topological polar surface area (TPSA) is 52.3 Å². The lowest BCUT2D eigenvalue weighted by Gasteiger charge is -2.31. The second kappa shape index (κ2) is 4.72. The molecule has 0 unspecified atom stereocenters. The second-order valence-corrected chi connectivity index (χ2v) is 4.66. The lowest BCUT2D eigenvalue weighted by atomic mass is 9.83. The molecule has 0 radical (unpaired) electrons. The number of benzene rings is 1. The summed E-state index contributed by atoms with van der Waals surface area (Å²) in [6, 6.07) is 3.99. The SMILES string of the molecule is NC1(C(=O)c2ccc(Cl)cc2F)CCOCC1. The van der Waals surface area contributed by atoms with Crippen molar-refractivity contribution in [2.75, 3.05) is 13.2 Å². The average molecular weight is 258 g/mol. The van der Waals surface area contributed by atoms with E-state index in [1.807, 2.05) is 0 Å². The van der Waals surface area contributed by atoms with Gasteiger partial charge in [-0.05, 0) is 31.0 Å². The number of hydrogen-bond acceptors (Lipinski definition) is 3. The standard InChI is InChI=1S/C12H13ClFNO2/c13-8-1-2-9(10(14)7-8)11(16)12(15)3-5-17-6-4-12/h1-2,7H,3-6,15H2. The van der Waals surface area contributed by atoms with Crippen LogP contribution in [-0.4, -0.2) is 24.5 Å². The highest BCUT2D eigenvalue weighted by molar-refractivity contribution is 6.30. The zero-order valence-corrected chi connectivity index (χ0v) is 9.97. The fourth-order valence-electron chi connectivity index (χ4n) is 1.90. The van der Waals surface area contributed by atoms with Crippen molar-refractivity contribution < 1.29 is 13.9 Å². The Bertz CT molecular complexity index is 444. The molecule has 1 saturated heterocycles. The maximum absolute atomic E-state index is 13.6. The number of nitrogens with two attached hydrogens (primary N) is 1. The highest BCUT2D eigenvalue weighted by Gasteiger charge is 2.37. The number of Topliss-reactive ketones (excluding diaryl/α,β-unsaturated/α-hetero) is 1. The van der Waals surface area contributed by atoms with Crippen molar-refractivity contribution in [1.82, 2.24) is 0 Å². The zero-order chi connectivity index (χ0) is 12.5. The molecule has 2 rings (SSSR count). The van der Waals surface area contributed by atoms with Crippen LogP contribution >= 0.6 is 11.6 Å². The third-order valence-electron chi connectivity index (χ3n) is 3.01. The summed E-state index contributed by atoms with van der Waals surface area (Å²) in [5, 5.41) is 0.261. The summed E-state index contributed by atoms with van der Waals surface area (Å²) in [5.74, 6) is -1.01. The van der Waals surface area contributed by atoms with Gasteiger partial charge in [0.05, 0.1) is 11.1 Å². The van der Waals surface area contributed by atoms with Crippen LogP contribution in [0.2, 0.25) is 5.02 Å². The Morgan fingerprint density at radius 2 is 2.06 bits per heavy atom. The van der Waals surface area contributed by atoms with Gasteiger partial charge in [0.25, 0.3) is 0 Å².